The van der Waals surface area contributed by atoms with Crippen molar-refractivity contribution in [3.05, 3.63) is 65.0 Å². The molecule has 2 aromatic carbocycles. The lowest BCUT2D eigenvalue weighted by molar-refractivity contribution is 0.112. The molecule has 0 atom stereocenters. The van der Waals surface area contributed by atoms with E-state index in [4.69, 9.17) is 4.74 Å². The summed E-state index contributed by atoms with van der Waals surface area (Å²) in [4.78, 5) is 10.9. The van der Waals surface area contributed by atoms with E-state index in [1.54, 1.807) is 25.3 Å². The fourth-order valence-corrected chi connectivity index (χ4v) is 1.90. The summed E-state index contributed by atoms with van der Waals surface area (Å²) in [7, 11) is 1.54. The summed E-state index contributed by atoms with van der Waals surface area (Å²) >= 11 is 0. The average Bonchev–Trinajstić information content (AvgIpc) is 2.40. The summed E-state index contributed by atoms with van der Waals surface area (Å²) in [5, 5.41) is 0. The van der Waals surface area contributed by atoms with Gasteiger partial charge in [0.2, 0.25) is 0 Å². The zero-order chi connectivity index (χ0) is 13.0. The molecule has 92 valence electrons. The number of rotatable bonds is 4. The largest absolute Gasteiger partial charge is 0.496 e. The van der Waals surface area contributed by atoms with Gasteiger partial charge < -0.3 is 4.74 Å². The highest BCUT2D eigenvalue weighted by atomic mass is 19.1. The molecule has 3 heteroatoms. The number of hydrogen-bond acceptors (Lipinski definition) is 2. The van der Waals surface area contributed by atoms with E-state index in [0.29, 0.717) is 17.7 Å². The summed E-state index contributed by atoms with van der Waals surface area (Å²) in [5.41, 5.74) is 2.20. The molecular weight excluding hydrogens is 231 g/mol. The molecule has 2 nitrogen and oxygen atoms in total. The van der Waals surface area contributed by atoms with E-state index in [2.05, 4.69) is 0 Å². The maximum atomic E-state index is 13.2. The highest BCUT2D eigenvalue weighted by Crippen LogP contribution is 2.23. The van der Waals surface area contributed by atoms with Crippen molar-refractivity contribution in [3.8, 4) is 5.75 Å². The zero-order valence-electron chi connectivity index (χ0n) is 10.0. The predicted molar refractivity (Wildman–Crippen MR) is 67.6 cm³/mol. The zero-order valence-corrected chi connectivity index (χ0v) is 10.0. The second-order valence-electron chi connectivity index (χ2n) is 3.95. The Morgan fingerprint density at radius 3 is 2.67 bits per heavy atom. The van der Waals surface area contributed by atoms with E-state index in [0.717, 1.165) is 17.4 Å². The molecule has 0 aliphatic heterocycles. The third kappa shape index (κ3) is 2.56. The summed E-state index contributed by atoms with van der Waals surface area (Å²) in [6.45, 7) is 0. The van der Waals surface area contributed by atoms with Crippen molar-refractivity contribution in [2.45, 2.75) is 6.42 Å². The number of carbonyl (C=O) groups excluding carboxylic acids is 1. The molecule has 0 saturated carbocycles. The van der Waals surface area contributed by atoms with Crippen molar-refractivity contribution < 1.29 is 13.9 Å². The van der Waals surface area contributed by atoms with Crippen molar-refractivity contribution in [1.82, 2.24) is 0 Å². The third-order valence-electron chi connectivity index (χ3n) is 2.81. The molecule has 0 fully saturated rings. The first-order valence-electron chi connectivity index (χ1n) is 5.60. The van der Waals surface area contributed by atoms with E-state index >= 15 is 0 Å². The molecule has 0 bridgehead atoms. The van der Waals surface area contributed by atoms with Gasteiger partial charge in [0.05, 0.1) is 7.11 Å². The van der Waals surface area contributed by atoms with Crippen LogP contribution in [0.3, 0.4) is 0 Å². The molecule has 0 aliphatic rings. The Kier molecular flexibility index (Phi) is 3.72. The normalized spacial score (nSPS) is 10.1. The Morgan fingerprint density at radius 1 is 1.17 bits per heavy atom. The van der Waals surface area contributed by atoms with Gasteiger partial charge in [-0.25, -0.2) is 4.39 Å². The highest BCUT2D eigenvalue weighted by Gasteiger charge is 2.08. The van der Waals surface area contributed by atoms with Crippen LogP contribution in [0.25, 0.3) is 0 Å². The Labute approximate surface area is 105 Å². The molecule has 0 aromatic heterocycles. The van der Waals surface area contributed by atoms with Crippen LogP contribution in [0.1, 0.15) is 21.5 Å². The molecule has 0 heterocycles. The fourth-order valence-electron chi connectivity index (χ4n) is 1.90. The van der Waals surface area contributed by atoms with Crippen LogP contribution in [-0.4, -0.2) is 13.4 Å². The molecule has 0 radical (unpaired) electrons. The number of methoxy groups -OCH3 is 1. The van der Waals surface area contributed by atoms with Crippen LogP contribution >= 0.6 is 0 Å². The molecule has 2 rings (SSSR count). The van der Waals surface area contributed by atoms with Crippen LogP contribution in [0.4, 0.5) is 4.39 Å². The second kappa shape index (κ2) is 5.45. The van der Waals surface area contributed by atoms with Crippen LogP contribution in [0.5, 0.6) is 5.75 Å². The smallest absolute Gasteiger partial charge is 0.150 e. The average molecular weight is 244 g/mol. The van der Waals surface area contributed by atoms with Crippen LogP contribution in [0, 0.1) is 5.82 Å². The lowest BCUT2D eigenvalue weighted by Gasteiger charge is -2.09. The minimum atomic E-state index is -0.311. The first-order valence-corrected chi connectivity index (χ1v) is 5.60. The maximum Gasteiger partial charge on any atom is 0.150 e. The monoisotopic (exact) mass is 244 g/mol. The van der Waals surface area contributed by atoms with E-state index < -0.39 is 0 Å². The summed E-state index contributed by atoms with van der Waals surface area (Å²) in [5.74, 6) is 0.312. The summed E-state index contributed by atoms with van der Waals surface area (Å²) < 4.78 is 18.4. The lowest BCUT2D eigenvalue weighted by atomic mass is 10.00. The minimum Gasteiger partial charge on any atom is -0.496 e. The molecule has 18 heavy (non-hydrogen) atoms. The van der Waals surface area contributed by atoms with Crippen LogP contribution in [0.15, 0.2) is 42.5 Å². The van der Waals surface area contributed by atoms with E-state index in [1.165, 1.54) is 12.1 Å². The van der Waals surface area contributed by atoms with Crippen LogP contribution in [-0.2, 0) is 6.42 Å². The Morgan fingerprint density at radius 2 is 1.94 bits per heavy atom. The number of ether oxygens (including phenoxy) is 1. The van der Waals surface area contributed by atoms with Gasteiger partial charge in [-0.15, -0.1) is 0 Å². The Hall–Kier alpha value is -2.16. The lowest BCUT2D eigenvalue weighted by Crippen LogP contribution is -1.98. The maximum absolute atomic E-state index is 13.2. The SMILES string of the molecule is COc1ccc(F)cc1Cc1ccccc1C=O. The number of carbonyl (C=O) groups is 1. The molecule has 0 N–H and O–H groups in total. The standard InChI is InChI=1S/C15H13FO2/c1-18-15-7-6-14(16)9-13(15)8-11-4-2-3-5-12(11)10-17/h2-7,9-10H,8H2,1H3. The minimum absolute atomic E-state index is 0.311. The first-order chi connectivity index (χ1) is 8.74. The molecule has 0 unspecified atom stereocenters. The highest BCUT2D eigenvalue weighted by molar-refractivity contribution is 5.77. The summed E-state index contributed by atoms with van der Waals surface area (Å²) in [6.07, 6.45) is 1.27. The first kappa shape index (κ1) is 12.3. The predicted octanol–water partition coefficient (Wildman–Crippen LogP) is 3.24. The molecular formula is C15H13FO2. The molecule has 0 amide bonds. The van der Waals surface area contributed by atoms with Crippen molar-refractivity contribution in [2.24, 2.45) is 0 Å². The quantitative estimate of drug-likeness (QED) is 0.772. The van der Waals surface area contributed by atoms with Gasteiger partial charge in [-0.05, 0) is 23.8 Å². The van der Waals surface area contributed by atoms with Gasteiger partial charge in [-0.3, -0.25) is 4.79 Å². The van der Waals surface area contributed by atoms with Crippen molar-refractivity contribution >= 4 is 6.29 Å². The van der Waals surface area contributed by atoms with Crippen molar-refractivity contribution in [1.29, 1.82) is 0 Å². The van der Waals surface area contributed by atoms with Gasteiger partial charge in [0, 0.05) is 17.5 Å². The molecule has 2 aromatic rings. The topological polar surface area (TPSA) is 26.3 Å². The molecule has 0 spiro atoms. The van der Waals surface area contributed by atoms with Gasteiger partial charge in [-0.1, -0.05) is 24.3 Å². The fraction of sp³-hybridized carbons (Fsp3) is 0.133. The molecule has 0 aliphatic carbocycles. The number of benzene rings is 2. The Balaban J connectivity index is 2.39. The van der Waals surface area contributed by atoms with E-state index in [1.807, 2.05) is 12.1 Å². The number of halogens is 1. The second-order valence-corrected chi connectivity index (χ2v) is 3.95. The van der Waals surface area contributed by atoms with Crippen LogP contribution in [0.2, 0.25) is 0 Å². The van der Waals surface area contributed by atoms with Gasteiger partial charge in [-0.2, -0.15) is 0 Å². The summed E-state index contributed by atoms with van der Waals surface area (Å²) in [6, 6.07) is 11.6. The van der Waals surface area contributed by atoms with Crippen molar-refractivity contribution in [3.63, 3.8) is 0 Å². The third-order valence-corrected chi connectivity index (χ3v) is 2.81. The van der Waals surface area contributed by atoms with Gasteiger partial charge >= 0.3 is 0 Å². The van der Waals surface area contributed by atoms with Gasteiger partial charge in [0.15, 0.2) is 0 Å². The number of aldehydes is 1. The van der Waals surface area contributed by atoms with E-state index in [-0.39, 0.29) is 5.82 Å². The van der Waals surface area contributed by atoms with Gasteiger partial charge in [0.25, 0.3) is 0 Å². The van der Waals surface area contributed by atoms with Gasteiger partial charge in [0.1, 0.15) is 17.9 Å². The number of hydrogen-bond donors (Lipinski definition) is 0. The molecule has 0 saturated heterocycles. The van der Waals surface area contributed by atoms with Crippen LogP contribution < -0.4 is 4.74 Å². The Bertz CT molecular complexity index is 564. The van der Waals surface area contributed by atoms with E-state index in [9.17, 15) is 9.18 Å². The van der Waals surface area contributed by atoms with Crippen molar-refractivity contribution in [2.75, 3.05) is 7.11 Å².